The number of aliphatic imine (C=N–C) groups is 1. The van der Waals surface area contributed by atoms with Crippen molar-refractivity contribution >= 4 is 29.3 Å². The third-order valence-corrected chi connectivity index (χ3v) is 3.52. The Balaban J connectivity index is 2.53. The van der Waals surface area contributed by atoms with Gasteiger partial charge in [0.15, 0.2) is 11.5 Å². The predicted octanol–water partition coefficient (Wildman–Crippen LogP) is 1.98. The van der Waals surface area contributed by atoms with Gasteiger partial charge in [-0.1, -0.05) is 11.6 Å². The van der Waals surface area contributed by atoms with Gasteiger partial charge in [0.05, 0.1) is 18.2 Å². The summed E-state index contributed by atoms with van der Waals surface area (Å²) in [5.74, 6) is -2.30. The third-order valence-electron chi connectivity index (χ3n) is 3.24. The summed E-state index contributed by atoms with van der Waals surface area (Å²) < 4.78 is 4.98. The molecule has 3 N–H and O–H groups in total. The fourth-order valence-electron chi connectivity index (χ4n) is 2.25. The molecule has 0 fully saturated rings. The summed E-state index contributed by atoms with van der Waals surface area (Å²) in [6.45, 7) is 1.48. The molecule has 1 aromatic rings. The molecule has 1 heterocycles. The number of rotatable bonds is 3. The van der Waals surface area contributed by atoms with Crippen molar-refractivity contribution < 1.29 is 24.5 Å². The fraction of sp³-hybridized carbons (Fsp3) is 0.308. The van der Waals surface area contributed by atoms with E-state index in [9.17, 15) is 19.8 Å². The molecule has 0 bridgehead atoms. The second-order valence-corrected chi connectivity index (χ2v) is 4.96. The number of nitrogens with zero attached hydrogens (tertiary/aromatic N) is 1. The first-order valence-corrected chi connectivity index (χ1v) is 6.37. The summed E-state index contributed by atoms with van der Waals surface area (Å²) in [6, 6.07) is 1.34. The maximum absolute atomic E-state index is 11.5. The van der Waals surface area contributed by atoms with Gasteiger partial charge >= 0.3 is 12.0 Å². The highest BCUT2D eigenvalue weighted by molar-refractivity contribution is 6.32. The van der Waals surface area contributed by atoms with Crippen LogP contribution >= 0.6 is 11.6 Å². The highest BCUT2D eigenvalue weighted by atomic mass is 35.5. The van der Waals surface area contributed by atoms with E-state index in [1.165, 1.54) is 26.2 Å². The molecule has 0 saturated carbocycles. The zero-order chi connectivity index (χ0) is 15.7. The van der Waals surface area contributed by atoms with Gasteiger partial charge < -0.3 is 20.3 Å². The molecule has 8 heteroatoms. The second kappa shape index (κ2) is 5.61. The summed E-state index contributed by atoms with van der Waals surface area (Å²) in [4.78, 5) is 26.6. The lowest BCUT2D eigenvalue weighted by molar-refractivity contribution is -0.140. The number of methoxy groups -OCH3 is 1. The largest absolute Gasteiger partial charge is 0.503 e. The number of urea groups is 1. The van der Waals surface area contributed by atoms with E-state index in [2.05, 4.69) is 10.3 Å². The first kappa shape index (κ1) is 15.1. The number of aromatic hydroxyl groups is 1. The van der Waals surface area contributed by atoms with Gasteiger partial charge in [0.1, 0.15) is 5.92 Å². The van der Waals surface area contributed by atoms with Gasteiger partial charge in [-0.15, -0.1) is 0 Å². The highest BCUT2D eigenvalue weighted by Gasteiger charge is 2.37. The number of carboxylic acid groups (broad SMARTS) is 1. The van der Waals surface area contributed by atoms with Gasteiger partial charge in [0.2, 0.25) is 0 Å². The van der Waals surface area contributed by atoms with Crippen LogP contribution in [-0.2, 0) is 4.79 Å². The van der Waals surface area contributed by atoms with Crippen molar-refractivity contribution in [3.8, 4) is 11.5 Å². The summed E-state index contributed by atoms with van der Waals surface area (Å²) >= 11 is 5.90. The number of ether oxygens (including phenoxy) is 1. The number of carbonyl (C=O) groups excluding carboxylic acids is 1. The summed E-state index contributed by atoms with van der Waals surface area (Å²) in [6.07, 6.45) is 0. The zero-order valence-corrected chi connectivity index (χ0v) is 12.0. The number of carbonyl (C=O) groups is 2. The number of carboxylic acids is 1. The van der Waals surface area contributed by atoms with Gasteiger partial charge in [-0.2, -0.15) is 0 Å². The number of amides is 2. The Morgan fingerprint density at radius 2 is 2.14 bits per heavy atom. The molecule has 0 aliphatic carbocycles. The smallest absolute Gasteiger partial charge is 0.341 e. The Morgan fingerprint density at radius 3 is 2.71 bits per heavy atom. The Labute approximate surface area is 125 Å². The van der Waals surface area contributed by atoms with E-state index in [1.54, 1.807) is 0 Å². The summed E-state index contributed by atoms with van der Waals surface area (Å²) in [7, 11) is 1.34. The number of hydrogen-bond donors (Lipinski definition) is 3. The van der Waals surface area contributed by atoms with Crippen molar-refractivity contribution in [3.05, 3.63) is 22.7 Å². The molecule has 0 aromatic heterocycles. The number of phenolic OH excluding ortho intramolecular Hbond substituents is 1. The molecule has 21 heavy (non-hydrogen) atoms. The SMILES string of the molecule is COc1cc(C2NC(=O)N=C(C)C2C(=O)O)cc(Cl)c1O. The van der Waals surface area contributed by atoms with Gasteiger partial charge in [-0.25, -0.2) is 9.79 Å². The van der Waals surface area contributed by atoms with Crippen LogP contribution in [0.15, 0.2) is 17.1 Å². The predicted molar refractivity (Wildman–Crippen MR) is 75.2 cm³/mol. The molecule has 0 saturated heterocycles. The quantitative estimate of drug-likeness (QED) is 0.791. The average molecular weight is 313 g/mol. The van der Waals surface area contributed by atoms with Crippen molar-refractivity contribution in [3.63, 3.8) is 0 Å². The Kier molecular flexibility index (Phi) is 4.04. The topological polar surface area (TPSA) is 108 Å². The fourth-order valence-corrected chi connectivity index (χ4v) is 2.46. The highest BCUT2D eigenvalue weighted by Crippen LogP contribution is 2.39. The van der Waals surface area contributed by atoms with Crippen molar-refractivity contribution in [2.24, 2.45) is 10.9 Å². The van der Waals surface area contributed by atoms with E-state index in [1.807, 2.05) is 0 Å². The lowest BCUT2D eigenvalue weighted by Gasteiger charge is -2.28. The third kappa shape index (κ3) is 2.78. The summed E-state index contributed by atoms with van der Waals surface area (Å²) in [5.41, 5.74) is 0.601. The van der Waals surface area contributed by atoms with Crippen molar-refractivity contribution in [1.82, 2.24) is 5.32 Å². The molecule has 1 aliphatic heterocycles. The monoisotopic (exact) mass is 312 g/mol. The van der Waals surface area contributed by atoms with Crippen LogP contribution in [0.4, 0.5) is 4.79 Å². The van der Waals surface area contributed by atoms with Crippen molar-refractivity contribution in [1.29, 1.82) is 0 Å². The molecule has 1 aromatic carbocycles. The lowest BCUT2D eigenvalue weighted by Crippen LogP contribution is -2.43. The number of halogens is 1. The van der Waals surface area contributed by atoms with Crippen LogP contribution < -0.4 is 10.1 Å². The molecular weight excluding hydrogens is 300 g/mol. The first-order valence-electron chi connectivity index (χ1n) is 6.00. The average Bonchev–Trinajstić information content (AvgIpc) is 2.40. The first-order chi connectivity index (χ1) is 9.85. The van der Waals surface area contributed by atoms with Crippen LogP contribution in [0.2, 0.25) is 5.02 Å². The Hall–Kier alpha value is -2.28. The number of hydrogen-bond acceptors (Lipinski definition) is 4. The van der Waals surface area contributed by atoms with E-state index >= 15 is 0 Å². The molecular formula is C13H13ClN2O5. The van der Waals surface area contributed by atoms with E-state index in [0.29, 0.717) is 5.56 Å². The van der Waals surface area contributed by atoms with Gasteiger partial charge in [0, 0.05) is 5.71 Å². The Bertz CT molecular complexity index is 644. The Morgan fingerprint density at radius 1 is 1.48 bits per heavy atom. The molecule has 7 nitrogen and oxygen atoms in total. The lowest BCUT2D eigenvalue weighted by atomic mass is 9.88. The van der Waals surface area contributed by atoms with Gasteiger partial charge in [0.25, 0.3) is 0 Å². The minimum Gasteiger partial charge on any atom is -0.503 e. The second-order valence-electron chi connectivity index (χ2n) is 4.55. The van der Waals surface area contributed by atoms with Crippen molar-refractivity contribution in [2.45, 2.75) is 13.0 Å². The molecule has 1 aliphatic rings. The van der Waals surface area contributed by atoms with Crippen LogP contribution in [-0.4, -0.2) is 35.0 Å². The maximum Gasteiger partial charge on any atom is 0.341 e. The minimum atomic E-state index is -1.12. The number of phenols is 1. The molecule has 112 valence electrons. The van der Waals surface area contributed by atoms with Crippen LogP contribution in [0.3, 0.4) is 0 Å². The molecule has 2 rings (SSSR count). The van der Waals surface area contributed by atoms with E-state index in [0.717, 1.165) is 0 Å². The van der Waals surface area contributed by atoms with Crippen molar-refractivity contribution in [2.75, 3.05) is 7.11 Å². The normalized spacial score (nSPS) is 21.5. The number of benzene rings is 1. The maximum atomic E-state index is 11.5. The zero-order valence-electron chi connectivity index (χ0n) is 11.3. The molecule has 2 amide bonds. The van der Waals surface area contributed by atoms with Crippen LogP contribution in [0.25, 0.3) is 0 Å². The van der Waals surface area contributed by atoms with Crippen LogP contribution in [0.5, 0.6) is 11.5 Å². The van der Waals surface area contributed by atoms with E-state index in [-0.39, 0.29) is 22.2 Å². The molecule has 0 spiro atoms. The van der Waals surface area contributed by atoms with Crippen LogP contribution in [0.1, 0.15) is 18.5 Å². The van der Waals surface area contributed by atoms with Crippen LogP contribution in [0, 0.1) is 5.92 Å². The van der Waals surface area contributed by atoms with Gasteiger partial charge in [-0.05, 0) is 24.6 Å². The molecule has 2 unspecified atom stereocenters. The number of aliphatic carboxylic acids is 1. The standard InChI is InChI=1S/C13H13ClN2O5/c1-5-9(12(18)19)10(16-13(20)15-5)6-3-7(14)11(17)8(4-6)21-2/h3-4,9-10,17H,1-2H3,(H,16,20)(H,18,19). The summed E-state index contributed by atoms with van der Waals surface area (Å²) in [5, 5.41) is 21.5. The van der Waals surface area contributed by atoms with E-state index in [4.69, 9.17) is 16.3 Å². The molecule has 0 radical (unpaired) electrons. The molecule has 2 atom stereocenters. The van der Waals surface area contributed by atoms with E-state index < -0.39 is 24.0 Å². The number of nitrogens with one attached hydrogen (secondary N) is 1. The minimum absolute atomic E-state index is 0.00269. The van der Waals surface area contributed by atoms with Gasteiger partial charge in [-0.3, -0.25) is 4.79 Å².